The van der Waals surface area contributed by atoms with Crippen LogP contribution in [-0.2, 0) is 23.0 Å². The van der Waals surface area contributed by atoms with Crippen LogP contribution in [0.4, 0.5) is 10.1 Å². The van der Waals surface area contributed by atoms with Crippen LogP contribution in [-0.4, -0.2) is 19.0 Å². The van der Waals surface area contributed by atoms with E-state index in [1.165, 1.54) is 12.1 Å². The molecule has 0 bridgehead atoms. The standard InChI is InChI=1S/C21H23FN4O2S/c1-13-8-14(2)21(19(24)9-13)29(27,28)25-15(3)11-26-12-16(6-7-23)18-10-17(22)4-5-20(18)26/h4-5,8-10,12,15,25H,6,11,24H2,1-3H3/t15-/m0/s1. The third-order valence-electron chi connectivity index (χ3n) is 4.74. The van der Waals surface area contributed by atoms with Crippen molar-refractivity contribution in [2.45, 2.75) is 44.7 Å². The number of rotatable bonds is 6. The molecule has 2 aromatic carbocycles. The second-order valence-electron chi connectivity index (χ2n) is 7.33. The van der Waals surface area contributed by atoms with Gasteiger partial charge in [-0.2, -0.15) is 5.26 Å². The number of benzene rings is 2. The van der Waals surface area contributed by atoms with Gasteiger partial charge in [-0.1, -0.05) is 6.07 Å². The average Bonchev–Trinajstić information content (AvgIpc) is 2.90. The normalized spacial score (nSPS) is 12.8. The summed E-state index contributed by atoms with van der Waals surface area (Å²) in [6.45, 7) is 5.63. The smallest absolute Gasteiger partial charge is 0.243 e. The topological polar surface area (TPSA) is 101 Å². The quantitative estimate of drug-likeness (QED) is 0.604. The van der Waals surface area contributed by atoms with Crippen LogP contribution in [0.25, 0.3) is 10.9 Å². The van der Waals surface area contributed by atoms with Crippen molar-refractivity contribution in [2.75, 3.05) is 5.73 Å². The molecular formula is C21H23FN4O2S. The number of nitrogens with zero attached hydrogens (tertiary/aromatic N) is 2. The Morgan fingerprint density at radius 2 is 2.00 bits per heavy atom. The zero-order valence-electron chi connectivity index (χ0n) is 16.5. The fraction of sp³-hybridized carbons (Fsp3) is 0.286. The van der Waals surface area contributed by atoms with Gasteiger partial charge in [0.15, 0.2) is 0 Å². The fourth-order valence-electron chi connectivity index (χ4n) is 3.73. The lowest BCUT2D eigenvalue weighted by Gasteiger charge is -2.18. The van der Waals surface area contributed by atoms with Gasteiger partial charge in [0.05, 0.1) is 18.2 Å². The van der Waals surface area contributed by atoms with Crippen molar-refractivity contribution in [1.29, 1.82) is 5.26 Å². The molecule has 152 valence electrons. The molecule has 0 amide bonds. The second-order valence-corrected chi connectivity index (χ2v) is 8.98. The van der Waals surface area contributed by atoms with E-state index < -0.39 is 16.1 Å². The van der Waals surface area contributed by atoms with E-state index in [0.717, 1.165) is 11.1 Å². The molecule has 3 N–H and O–H groups in total. The molecule has 0 aliphatic carbocycles. The van der Waals surface area contributed by atoms with Gasteiger partial charge in [0.2, 0.25) is 10.0 Å². The molecule has 29 heavy (non-hydrogen) atoms. The zero-order valence-corrected chi connectivity index (χ0v) is 17.3. The van der Waals surface area contributed by atoms with Crippen molar-refractivity contribution in [1.82, 2.24) is 9.29 Å². The third kappa shape index (κ3) is 4.26. The second kappa shape index (κ2) is 7.85. The molecule has 0 aliphatic rings. The summed E-state index contributed by atoms with van der Waals surface area (Å²) >= 11 is 0. The number of nitrogen functional groups attached to an aromatic ring is 1. The molecule has 0 spiro atoms. The third-order valence-corrected chi connectivity index (χ3v) is 6.55. The number of anilines is 1. The maximum atomic E-state index is 13.6. The molecule has 0 saturated carbocycles. The van der Waals surface area contributed by atoms with E-state index >= 15 is 0 Å². The van der Waals surface area contributed by atoms with Crippen LogP contribution in [0.3, 0.4) is 0 Å². The summed E-state index contributed by atoms with van der Waals surface area (Å²) in [7, 11) is -3.82. The zero-order chi connectivity index (χ0) is 21.3. The van der Waals surface area contributed by atoms with Gasteiger partial charge in [-0.25, -0.2) is 17.5 Å². The fourth-order valence-corrected chi connectivity index (χ4v) is 5.30. The first-order valence-corrected chi connectivity index (χ1v) is 10.6. The SMILES string of the molecule is Cc1cc(C)c(S(=O)(=O)N[C@@H](C)Cn2cc(CC#N)c3cc(F)ccc32)c(N)c1. The molecule has 1 atom stereocenters. The molecule has 8 heteroatoms. The Labute approximate surface area is 169 Å². The largest absolute Gasteiger partial charge is 0.398 e. The van der Waals surface area contributed by atoms with E-state index in [0.29, 0.717) is 23.1 Å². The number of hydrogen-bond acceptors (Lipinski definition) is 4. The van der Waals surface area contributed by atoms with Crippen molar-refractivity contribution >= 4 is 26.6 Å². The number of nitriles is 1. The van der Waals surface area contributed by atoms with Gasteiger partial charge < -0.3 is 10.3 Å². The van der Waals surface area contributed by atoms with E-state index in [4.69, 9.17) is 11.0 Å². The molecule has 1 aromatic heterocycles. The van der Waals surface area contributed by atoms with Gasteiger partial charge in [0.1, 0.15) is 10.7 Å². The highest BCUT2D eigenvalue weighted by atomic mass is 32.2. The Balaban J connectivity index is 1.90. The number of hydrogen-bond donors (Lipinski definition) is 2. The highest BCUT2D eigenvalue weighted by molar-refractivity contribution is 7.89. The molecule has 0 radical (unpaired) electrons. The number of halogens is 1. The van der Waals surface area contributed by atoms with Crippen LogP contribution >= 0.6 is 0 Å². The number of aryl methyl sites for hydroxylation is 2. The van der Waals surface area contributed by atoms with Crippen LogP contribution in [0, 0.1) is 31.0 Å². The van der Waals surface area contributed by atoms with Gasteiger partial charge in [0.25, 0.3) is 0 Å². The van der Waals surface area contributed by atoms with Gasteiger partial charge in [-0.05, 0) is 61.7 Å². The lowest BCUT2D eigenvalue weighted by molar-refractivity contribution is 0.526. The Bertz CT molecular complexity index is 1200. The van der Waals surface area contributed by atoms with E-state index in [1.807, 2.05) is 11.5 Å². The molecule has 3 aromatic rings. The van der Waals surface area contributed by atoms with Crippen LogP contribution in [0.15, 0.2) is 41.4 Å². The first-order valence-electron chi connectivity index (χ1n) is 9.15. The van der Waals surface area contributed by atoms with Crippen molar-refractivity contribution in [3.63, 3.8) is 0 Å². The maximum Gasteiger partial charge on any atom is 0.243 e. The summed E-state index contributed by atoms with van der Waals surface area (Å²) in [5.41, 5.74) is 9.10. The van der Waals surface area contributed by atoms with Crippen LogP contribution in [0.2, 0.25) is 0 Å². The van der Waals surface area contributed by atoms with E-state index in [9.17, 15) is 12.8 Å². The molecule has 1 heterocycles. The van der Waals surface area contributed by atoms with E-state index in [2.05, 4.69) is 10.8 Å². The maximum absolute atomic E-state index is 13.6. The Morgan fingerprint density at radius 3 is 2.66 bits per heavy atom. The number of aromatic nitrogens is 1. The summed E-state index contributed by atoms with van der Waals surface area (Å²) in [5.74, 6) is -0.381. The van der Waals surface area contributed by atoms with Crippen molar-refractivity contribution in [3.05, 3.63) is 59.0 Å². The minimum absolute atomic E-state index is 0.0829. The Morgan fingerprint density at radius 1 is 1.28 bits per heavy atom. The first kappa shape index (κ1) is 20.8. The highest BCUT2D eigenvalue weighted by Crippen LogP contribution is 2.26. The number of fused-ring (bicyclic) bond motifs is 1. The average molecular weight is 415 g/mol. The predicted octanol–water partition coefficient (Wildman–Crippen LogP) is 3.41. The lowest BCUT2D eigenvalue weighted by atomic mass is 10.1. The number of nitrogens with one attached hydrogen (secondary N) is 1. The summed E-state index contributed by atoms with van der Waals surface area (Å²) in [6, 6.07) is 9.40. The Kier molecular flexibility index (Phi) is 5.64. The van der Waals surface area contributed by atoms with Gasteiger partial charge >= 0.3 is 0 Å². The van der Waals surface area contributed by atoms with Gasteiger partial charge in [-0.3, -0.25) is 0 Å². The van der Waals surface area contributed by atoms with Crippen LogP contribution in [0.5, 0.6) is 0 Å². The molecule has 0 unspecified atom stereocenters. The van der Waals surface area contributed by atoms with Crippen LogP contribution in [0.1, 0.15) is 23.6 Å². The molecular weight excluding hydrogens is 391 g/mol. The predicted molar refractivity (Wildman–Crippen MR) is 111 cm³/mol. The summed E-state index contributed by atoms with van der Waals surface area (Å²) in [6.07, 6.45) is 1.91. The molecule has 0 aliphatic heterocycles. The number of nitrogens with two attached hydrogens (primary N) is 1. The summed E-state index contributed by atoms with van der Waals surface area (Å²) in [4.78, 5) is 0.0829. The molecule has 6 nitrogen and oxygen atoms in total. The van der Waals surface area contributed by atoms with Crippen molar-refractivity contribution in [2.24, 2.45) is 0 Å². The summed E-state index contributed by atoms with van der Waals surface area (Å²) in [5, 5.41) is 9.69. The molecule has 0 fully saturated rings. The monoisotopic (exact) mass is 414 g/mol. The van der Waals surface area contributed by atoms with Crippen LogP contribution < -0.4 is 10.5 Å². The van der Waals surface area contributed by atoms with Gasteiger partial charge in [-0.15, -0.1) is 0 Å². The van der Waals surface area contributed by atoms with Crippen molar-refractivity contribution in [3.8, 4) is 6.07 Å². The highest BCUT2D eigenvalue weighted by Gasteiger charge is 2.23. The Hall–Kier alpha value is -2.89. The molecule has 0 saturated heterocycles. The molecule has 3 rings (SSSR count). The number of sulfonamides is 1. The van der Waals surface area contributed by atoms with Gasteiger partial charge in [0, 0.05) is 29.7 Å². The first-order chi connectivity index (χ1) is 13.6. The van der Waals surface area contributed by atoms with Crippen molar-refractivity contribution < 1.29 is 12.8 Å². The minimum atomic E-state index is -3.82. The van der Waals surface area contributed by atoms with E-state index in [-0.39, 0.29) is 22.8 Å². The lowest BCUT2D eigenvalue weighted by Crippen LogP contribution is -2.36. The van der Waals surface area contributed by atoms with E-state index in [1.54, 1.807) is 38.2 Å². The summed E-state index contributed by atoms with van der Waals surface area (Å²) < 4.78 is 44.0. The minimum Gasteiger partial charge on any atom is -0.398 e.